The van der Waals surface area contributed by atoms with E-state index in [-0.39, 0.29) is 11.6 Å². The lowest BCUT2D eigenvalue weighted by molar-refractivity contribution is -0.126. The van der Waals surface area contributed by atoms with Gasteiger partial charge in [-0.05, 0) is 43.5 Å². The average Bonchev–Trinajstić information content (AvgIpc) is 2.61. The normalized spacial score (nSPS) is 14.7. The number of hydrogen-bond acceptors (Lipinski definition) is 4. The van der Waals surface area contributed by atoms with E-state index in [1.54, 1.807) is 30.0 Å². The molecule has 5 heteroatoms. The number of hydrogen-bond donors (Lipinski definition) is 0. The predicted molar refractivity (Wildman–Crippen MR) is 86.2 cm³/mol. The van der Waals surface area contributed by atoms with Crippen LogP contribution in [0.4, 0.5) is 5.69 Å². The Morgan fingerprint density at radius 2 is 1.96 bits per heavy atom. The lowest BCUT2D eigenvalue weighted by Crippen LogP contribution is -2.42. The van der Waals surface area contributed by atoms with Gasteiger partial charge in [0.05, 0.1) is 0 Å². The van der Waals surface area contributed by atoms with Gasteiger partial charge in [0.1, 0.15) is 5.69 Å². The Morgan fingerprint density at radius 3 is 2.74 bits per heavy atom. The monoisotopic (exact) mass is 310 g/mol. The first-order valence-corrected chi connectivity index (χ1v) is 7.68. The molecule has 3 rings (SSSR count). The number of aromatic nitrogens is 1. The van der Waals surface area contributed by atoms with Crippen LogP contribution in [0.25, 0.3) is 0 Å². The Bertz CT molecular complexity index is 715. The zero-order chi connectivity index (χ0) is 16.2. The van der Waals surface area contributed by atoms with Gasteiger partial charge in [0.15, 0.2) is 6.10 Å². The second kappa shape index (κ2) is 6.60. The molecule has 1 aliphatic heterocycles. The van der Waals surface area contributed by atoms with Crippen LogP contribution >= 0.6 is 0 Å². The second-order valence-corrected chi connectivity index (χ2v) is 5.48. The van der Waals surface area contributed by atoms with Gasteiger partial charge in [-0.1, -0.05) is 24.3 Å². The topological polar surface area (TPSA) is 59.5 Å². The molecular formula is C18H18N2O3. The number of amides is 1. The molecule has 0 aliphatic carbocycles. The molecular weight excluding hydrogens is 292 g/mol. The standard InChI is InChI=1S/C18H18N2O3/c1-13(23-18(22)15-9-4-5-11-19-15)17(21)20-12-6-8-14-7-2-3-10-16(14)20/h2-5,7,9-11,13H,6,8,12H2,1H3/t13-/m1/s1. The Labute approximate surface area is 134 Å². The number of carbonyl (C=O) groups excluding carboxylic acids is 2. The molecule has 0 radical (unpaired) electrons. The van der Waals surface area contributed by atoms with Crippen molar-refractivity contribution < 1.29 is 14.3 Å². The number of ether oxygens (including phenoxy) is 1. The van der Waals surface area contributed by atoms with Crippen molar-refractivity contribution in [3.05, 3.63) is 59.9 Å². The van der Waals surface area contributed by atoms with Crippen LogP contribution < -0.4 is 4.90 Å². The highest BCUT2D eigenvalue weighted by Crippen LogP contribution is 2.27. The number of fused-ring (bicyclic) bond motifs is 1. The Balaban J connectivity index is 1.72. The maximum Gasteiger partial charge on any atom is 0.357 e. The van der Waals surface area contributed by atoms with Crippen LogP contribution in [-0.4, -0.2) is 29.5 Å². The SMILES string of the molecule is C[C@@H](OC(=O)c1ccccn1)C(=O)N1CCCc2ccccc21. The molecule has 0 unspecified atom stereocenters. The number of nitrogens with zero attached hydrogens (tertiary/aromatic N) is 2. The van der Waals surface area contributed by atoms with Crippen molar-refractivity contribution in [3.8, 4) is 0 Å². The van der Waals surface area contributed by atoms with Gasteiger partial charge in [-0.25, -0.2) is 9.78 Å². The van der Waals surface area contributed by atoms with E-state index in [2.05, 4.69) is 4.98 Å². The molecule has 2 heterocycles. The minimum Gasteiger partial charge on any atom is -0.448 e. The molecule has 0 saturated carbocycles. The summed E-state index contributed by atoms with van der Waals surface area (Å²) in [6.45, 7) is 2.24. The molecule has 5 nitrogen and oxygen atoms in total. The van der Waals surface area contributed by atoms with Gasteiger partial charge in [0, 0.05) is 18.4 Å². The van der Waals surface area contributed by atoms with E-state index in [1.807, 2.05) is 24.3 Å². The van der Waals surface area contributed by atoms with Crippen molar-refractivity contribution in [1.82, 2.24) is 4.98 Å². The molecule has 1 atom stereocenters. The molecule has 0 N–H and O–H groups in total. The third-order valence-corrected chi connectivity index (χ3v) is 3.88. The molecule has 0 saturated heterocycles. The number of rotatable bonds is 3. The molecule has 1 aromatic heterocycles. The second-order valence-electron chi connectivity index (χ2n) is 5.48. The van der Waals surface area contributed by atoms with E-state index >= 15 is 0 Å². The summed E-state index contributed by atoms with van der Waals surface area (Å²) in [5.74, 6) is -0.793. The lowest BCUT2D eigenvalue weighted by atomic mass is 10.0. The van der Waals surface area contributed by atoms with Gasteiger partial charge in [-0.2, -0.15) is 0 Å². The summed E-state index contributed by atoms with van der Waals surface area (Å²) < 4.78 is 5.27. The molecule has 1 aromatic carbocycles. The molecule has 118 valence electrons. The number of benzene rings is 1. The molecule has 1 aliphatic rings. The molecule has 0 spiro atoms. The van der Waals surface area contributed by atoms with E-state index in [1.165, 1.54) is 6.20 Å². The Kier molecular flexibility index (Phi) is 4.37. The third-order valence-electron chi connectivity index (χ3n) is 3.88. The lowest BCUT2D eigenvalue weighted by Gasteiger charge is -2.31. The number of pyridine rings is 1. The van der Waals surface area contributed by atoms with Crippen LogP contribution in [0, 0.1) is 0 Å². The molecule has 23 heavy (non-hydrogen) atoms. The van der Waals surface area contributed by atoms with Gasteiger partial charge >= 0.3 is 5.97 Å². The van der Waals surface area contributed by atoms with Gasteiger partial charge < -0.3 is 9.64 Å². The molecule has 0 fully saturated rings. The Hall–Kier alpha value is -2.69. The van der Waals surface area contributed by atoms with Crippen molar-refractivity contribution >= 4 is 17.6 Å². The molecule has 2 aromatic rings. The summed E-state index contributed by atoms with van der Waals surface area (Å²) in [4.78, 5) is 30.3. The fraction of sp³-hybridized carbons (Fsp3) is 0.278. The van der Waals surface area contributed by atoms with E-state index in [9.17, 15) is 9.59 Å². The Morgan fingerprint density at radius 1 is 1.17 bits per heavy atom. The van der Waals surface area contributed by atoms with Crippen molar-refractivity contribution in [1.29, 1.82) is 0 Å². The first kappa shape index (κ1) is 15.2. The summed E-state index contributed by atoms with van der Waals surface area (Å²) in [7, 11) is 0. The summed E-state index contributed by atoms with van der Waals surface area (Å²) in [6.07, 6.45) is 2.53. The summed E-state index contributed by atoms with van der Waals surface area (Å²) >= 11 is 0. The fourth-order valence-corrected chi connectivity index (χ4v) is 2.74. The molecule has 0 bridgehead atoms. The highest BCUT2D eigenvalue weighted by molar-refractivity contribution is 5.99. The summed E-state index contributed by atoms with van der Waals surface area (Å²) in [5.41, 5.74) is 2.26. The van der Waals surface area contributed by atoms with E-state index in [0.717, 1.165) is 24.1 Å². The van der Waals surface area contributed by atoms with Crippen molar-refractivity contribution in [2.24, 2.45) is 0 Å². The quantitative estimate of drug-likeness (QED) is 0.818. The van der Waals surface area contributed by atoms with Gasteiger partial charge in [0.2, 0.25) is 0 Å². The third kappa shape index (κ3) is 3.23. The highest BCUT2D eigenvalue weighted by Gasteiger charge is 2.28. The number of carbonyl (C=O) groups is 2. The average molecular weight is 310 g/mol. The van der Waals surface area contributed by atoms with E-state index in [4.69, 9.17) is 4.74 Å². The van der Waals surface area contributed by atoms with Crippen LogP contribution in [0.1, 0.15) is 29.4 Å². The van der Waals surface area contributed by atoms with Gasteiger partial charge in [-0.15, -0.1) is 0 Å². The van der Waals surface area contributed by atoms with Crippen molar-refractivity contribution in [3.63, 3.8) is 0 Å². The van der Waals surface area contributed by atoms with Crippen molar-refractivity contribution in [2.75, 3.05) is 11.4 Å². The summed E-state index contributed by atoms with van der Waals surface area (Å²) in [5, 5.41) is 0. The molecule has 1 amide bonds. The number of esters is 1. The smallest absolute Gasteiger partial charge is 0.357 e. The maximum absolute atomic E-state index is 12.7. The van der Waals surface area contributed by atoms with Crippen LogP contribution in [0.2, 0.25) is 0 Å². The van der Waals surface area contributed by atoms with E-state index in [0.29, 0.717) is 6.54 Å². The predicted octanol–water partition coefficient (Wildman–Crippen LogP) is 2.61. The maximum atomic E-state index is 12.7. The number of para-hydroxylation sites is 1. The van der Waals surface area contributed by atoms with Crippen molar-refractivity contribution in [2.45, 2.75) is 25.9 Å². The van der Waals surface area contributed by atoms with Crippen LogP contribution in [0.3, 0.4) is 0 Å². The zero-order valence-electron chi connectivity index (χ0n) is 12.9. The van der Waals surface area contributed by atoms with Crippen LogP contribution in [0.15, 0.2) is 48.7 Å². The minimum absolute atomic E-state index is 0.200. The number of aryl methyl sites for hydroxylation is 1. The summed E-state index contributed by atoms with van der Waals surface area (Å²) in [6, 6.07) is 12.8. The van der Waals surface area contributed by atoms with E-state index < -0.39 is 12.1 Å². The first-order chi connectivity index (χ1) is 11.2. The number of anilines is 1. The first-order valence-electron chi connectivity index (χ1n) is 7.68. The van der Waals surface area contributed by atoms with Gasteiger partial charge in [-0.3, -0.25) is 4.79 Å². The fourth-order valence-electron chi connectivity index (χ4n) is 2.74. The highest BCUT2D eigenvalue weighted by atomic mass is 16.5. The van der Waals surface area contributed by atoms with Crippen LogP contribution in [-0.2, 0) is 16.0 Å². The zero-order valence-corrected chi connectivity index (χ0v) is 12.9. The van der Waals surface area contributed by atoms with Gasteiger partial charge in [0.25, 0.3) is 5.91 Å². The largest absolute Gasteiger partial charge is 0.448 e. The minimum atomic E-state index is -0.851. The van der Waals surface area contributed by atoms with Crippen LogP contribution in [0.5, 0.6) is 0 Å².